The summed E-state index contributed by atoms with van der Waals surface area (Å²) in [5, 5.41) is 0. The third-order valence-electron chi connectivity index (χ3n) is 3.83. The number of allylic oxidation sites excluding steroid dienone is 4. The van der Waals surface area contributed by atoms with Crippen LogP contribution in [0.5, 0.6) is 0 Å². The molecule has 19 heavy (non-hydrogen) atoms. The molecular weight excluding hydrogens is 228 g/mol. The van der Waals surface area contributed by atoms with Crippen LogP contribution in [0.15, 0.2) is 47.6 Å². The molecular formula is C19H22. The van der Waals surface area contributed by atoms with Crippen molar-refractivity contribution < 1.29 is 0 Å². The van der Waals surface area contributed by atoms with Crippen LogP contribution in [0, 0.1) is 24.7 Å². The Bertz CT molecular complexity index is 544. The van der Waals surface area contributed by atoms with E-state index < -0.39 is 0 Å². The molecule has 0 N–H and O–H groups in total. The molecule has 0 nitrogen and oxygen atoms in total. The molecule has 0 spiro atoms. The van der Waals surface area contributed by atoms with Gasteiger partial charge in [0.25, 0.3) is 0 Å². The quantitative estimate of drug-likeness (QED) is 0.613. The molecule has 0 heterocycles. The van der Waals surface area contributed by atoms with Gasteiger partial charge in [-0.3, -0.25) is 0 Å². The second kappa shape index (κ2) is 6.43. The van der Waals surface area contributed by atoms with E-state index in [4.69, 9.17) is 0 Å². The van der Waals surface area contributed by atoms with E-state index in [0.717, 1.165) is 5.56 Å². The largest absolute Gasteiger partial charge is 0.0698 e. The average Bonchev–Trinajstić information content (AvgIpc) is 2.39. The van der Waals surface area contributed by atoms with E-state index in [1.54, 1.807) is 0 Å². The zero-order chi connectivity index (χ0) is 13.7. The van der Waals surface area contributed by atoms with E-state index in [9.17, 15) is 0 Å². The first-order chi connectivity index (χ1) is 9.16. The summed E-state index contributed by atoms with van der Waals surface area (Å²) < 4.78 is 0. The Balaban J connectivity index is 2.06. The van der Waals surface area contributed by atoms with Crippen molar-refractivity contribution in [3.05, 3.63) is 58.7 Å². The van der Waals surface area contributed by atoms with Crippen LogP contribution in [0.3, 0.4) is 0 Å². The molecule has 1 unspecified atom stereocenters. The predicted octanol–water partition coefficient (Wildman–Crippen LogP) is 5.04. The van der Waals surface area contributed by atoms with Crippen LogP contribution >= 0.6 is 0 Å². The lowest BCUT2D eigenvalue weighted by Gasteiger charge is -2.21. The molecule has 0 radical (unpaired) electrons. The van der Waals surface area contributed by atoms with E-state index in [2.05, 4.69) is 63.0 Å². The molecule has 0 aromatic heterocycles. The Morgan fingerprint density at radius 2 is 1.89 bits per heavy atom. The van der Waals surface area contributed by atoms with Gasteiger partial charge in [0.05, 0.1) is 0 Å². The Labute approximate surface area is 117 Å². The van der Waals surface area contributed by atoms with Crippen molar-refractivity contribution in [1.29, 1.82) is 0 Å². The molecule has 1 aliphatic rings. The van der Waals surface area contributed by atoms with Crippen LogP contribution in [0.2, 0.25) is 0 Å². The van der Waals surface area contributed by atoms with Gasteiger partial charge in [0.1, 0.15) is 0 Å². The molecule has 0 fully saturated rings. The predicted molar refractivity (Wildman–Crippen MR) is 82.9 cm³/mol. The zero-order valence-electron chi connectivity index (χ0n) is 12.2. The highest BCUT2D eigenvalue weighted by Crippen LogP contribution is 2.30. The summed E-state index contributed by atoms with van der Waals surface area (Å²) in [6, 6.07) is 8.35. The summed E-state index contributed by atoms with van der Waals surface area (Å²) in [6.45, 7) is 6.66. The van der Waals surface area contributed by atoms with Gasteiger partial charge in [-0.15, -0.1) is 0 Å². The van der Waals surface area contributed by atoms with Gasteiger partial charge in [-0.2, -0.15) is 0 Å². The van der Waals surface area contributed by atoms with E-state index in [-0.39, 0.29) is 0 Å². The molecule has 1 atom stereocenters. The molecule has 0 bridgehead atoms. The van der Waals surface area contributed by atoms with Crippen molar-refractivity contribution in [2.75, 3.05) is 0 Å². The second-order valence-corrected chi connectivity index (χ2v) is 5.50. The number of benzene rings is 1. The molecule has 0 heteroatoms. The van der Waals surface area contributed by atoms with Gasteiger partial charge >= 0.3 is 0 Å². The maximum absolute atomic E-state index is 3.18. The smallest absolute Gasteiger partial charge is 0.0249 e. The van der Waals surface area contributed by atoms with Crippen molar-refractivity contribution >= 4 is 0 Å². The standard InChI is InChI=1S/C19H22/c1-15-11-13-18(14-12-15)9-4-5-10-19-16(2)7-6-8-17(19)3/h5,10-14,16H,6-8H2,1-3H3/b10-5+. The fraction of sp³-hybridized carbons (Fsp3) is 0.368. The van der Waals surface area contributed by atoms with Gasteiger partial charge in [0.2, 0.25) is 0 Å². The Kier molecular flexibility index (Phi) is 4.63. The minimum Gasteiger partial charge on any atom is -0.0698 e. The van der Waals surface area contributed by atoms with Gasteiger partial charge in [-0.25, -0.2) is 0 Å². The number of hydrogen-bond acceptors (Lipinski definition) is 0. The van der Waals surface area contributed by atoms with Crippen molar-refractivity contribution in [1.82, 2.24) is 0 Å². The van der Waals surface area contributed by atoms with Gasteiger partial charge in [-0.1, -0.05) is 48.1 Å². The highest BCUT2D eigenvalue weighted by atomic mass is 14.2. The summed E-state index contributed by atoms with van der Waals surface area (Å²) in [7, 11) is 0. The van der Waals surface area contributed by atoms with Gasteiger partial charge in [-0.05, 0) is 62.8 Å². The number of hydrogen-bond donors (Lipinski definition) is 0. The Morgan fingerprint density at radius 3 is 2.58 bits per heavy atom. The highest BCUT2D eigenvalue weighted by Gasteiger charge is 2.13. The average molecular weight is 250 g/mol. The van der Waals surface area contributed by atoms with Crippen LogP contribution in [0.4, 0.5) is 0 Å². The lowest BCUT2D eigenvalue weighted by atomic mass is 9.84. The van der Waals surface area contributed by atoms with Gasteiger partial charge in [0, 0.05) is 5.56 Å². The van der Waals surface area contributed by atoms with Crippen LogP contribution in [0.1, 0.15) is 44.2 Å². The molecule has 0 saturated heterocycles. The molecule has 1 aromatic rings. The lowest BCUT2D eigenvalue weighted by Crippen LogP contribution is -2.06. The van der Waals surface area contributed by atoms with Gasteiger partial charge in [0.15, 0.2) is 0 Å². The summed E-state index contributed by atoms with van der Waals surface area (Å²) >= 11 is 0. The maximum atomic E-state index is 3.18. The molecule has 0 amide bonds. The summed E-state index contributed by atoms with van der Waals surface area (Å²) in [5.74, 6) is 7.01. The normalized spacial score (nSPS) is 19.4. The van der Waals surface area contributed by atoms with Crippen LogP contribution in [-0.4, -0.2) is 0 Å². The summed E-state index contributed by atoms with van der Waals surface area (Å²) in [6.07, 6.45) is 8.10. The topological polar surface area (TPSA) is 0 Å². The molecule has 2 rings (SSSR count). The Hall–Kier alpha value is -1.74. The van der Waals surface area contributed by atoms with Gasteiger partial charge < -0.3 is 0 Å². The van der Waals surface area contributed by atoms with Crippen molar-refractivity contribution in [2.24, 2.45) is 5.92 Å². The number of rotatable bonds is 1. The SMILES string of the molecule is CC1=C(/C=C/C#Cc2ccc(C)cc2)C(C)CCC1. The first kappa shape index (κ1) is 13.7. The first-order valence-corrected chi connectivity index (χ1v) is 7.11. The Morgan fingerprint density at radius 1 is 1.16 bits per heavy atom. The van der Waals surface area contributed by atoms with Crippen molar-refractivity contribution in [3.8, 4) is 11.8 Å². The van der Waals surface area contributed by atoms with Crippen LogP contribution < -0.4 is 0 Å². The monoisotopic (exact) mass is 250 g/mol. The zero-order valence-corrected chi connectivity index (χ0v) is 12.2. The number of aryl methyl sites for hydroxylation is 1. The molecule has 0 aliphatic heterocycles. The lowest BCUT2D eigenvalue weighted by molar-refractivity contribution is 0.546. The summed E-state index contributed by atoms with van der Waals surface area (Å²) in [5.41, 5.74) is 5.38. The molecule has 0 saturated carbocycles. The maximum Gasteiger partial charge on any atom is 0.0249 e. The fourth-order valence-electron chi connectivity index (χ4n) is 2.59. The minimum atomic E-state index is 0.686. The van der Waals surface area contributed by atoms with E-state index >= 15 is 0 Å². The van der Waals surface area contributed by atoms with E-state index in [1.165, 1.54) is 36.0 Å². The minimum absolute atomic E-state index is 0.686. The van der Waals surface area contributed by atoms with E-state index in [0.29, 0.717) is 5.92 Å². The molecule has 1 aromatic carbocycles. The third kappa shape index (κ3) is 3.86. The summed E-state index contributed by atoms with van der Waals surface area (Å²) in [4.78, 5) is 0. The van der Waals surface area contributed by atoms with Crippen LogP contribution in [-0.2, 0) is 0 Å². The van der Waals surface area contributed by atoms with E-state index in [1.807, 2.05) is 6.08 Å². The van der Waals surface area contributed by atoms with Crippen molar-refractivity contribution in [3.63, 3.8) is 0 Å². The molecule has 98 valence electrons. The van der Waals surface area contributed by atoms with Crippen molar-refractivity contribution in [2.45, 2.75) is 40.0 Å². The first-order valence-electron chi connectivity index (χ1n) is 7.11. The van der Waals surface area contributed by atoms with Crippen LogP contribution in [0.25, 0.3) is 0 Å². The highest BCUT2D eigenvalue weighted by molar-refractivity contribution is 5.40. The fourth-order valence-corrected chi connectivity index (χ4v) is 2.59. The third-order valence-corrected chi connectivity index (χ3v) is 3.83. The molecule has 1 aliphatic carbocycles. The second-order valence-electron chi connectivity index (χ2n) is 5.50.